The molecular formula is C15H22N2O2. The van der Waals surface area contributed by atoms with Crippen LogP contribution in [0.2, 0.25) is 0 Å². The van der Waals surface area contributed by atoms with E-state index in [0.717, 1.165) is 18.8 Å². The third-order valence-electron chi connectivity index (χ3n) is 3.15. The third kappa shape index (κ3) is 4.04. The molecule has 4 nitrogen and oxygen atoms in total. The third-order valence-corrected chi connectivity index (χ3v) is 3.15. The Morgan fingerprint density at radius 1 is 1.37 bits per heavy atom. The molecule has 1 aliphatic rings. The summed E-state index contributed by atoms with van der Waals surface area (Å²) in [6.45, 7) is 6.35. The summed E-state index contributed by atoms with van der Waals surface area (Å²) in [4.78, 5) is 14.0. The van der Waals surface area contributed by atoms with Crippen LogP contribution in [0.1, 0.15) is 31.4 Å². The fraction of sp³-hybridized carbons (Fsp3) is 0.533. The number of amides is 1. The van der Waals surface area contributed by atoms with Gasteiger partial charge in [0.05, 0.1) is 19.1 Å². The minimum absolute atomic E-state index is 0.00644. The van der Waals surface area contributed by atoms with Crippen molar-refractivity contribution in [3.05, 3.63) is 29.3 Å². The number of carbonyl (C=O) groups is 1. The average Bonchev–Trinajstić information content (AvgIpc) is 2.67. The van der Waals surface area contributed by atoms with E-state index in [0.29, 0.717) is 13.0 Å². The van der Waals surface area contributed by atoms with E-state index in [1.807, 2.05) is 19.9 Å². The summed E-state index contributed by atoms with van der Waals surface area (Å²) in [7, 11) is 2.10. The van der Waals surface area contributed by atoms with Gasteiger partial charge in [0.15, 0.2) is 0 Å². The highest BCUT2D eigenvalue weighted by Gasteiger charge is 2.15. The highest BCUT2D eigenvalue weighted by Crippen LogP contribution is 2.24. The van der Waals surface area contributed by atoms with Gasteiger partial charge in [0, 0.05) is 18.8 Å². The number of hydrogen-bond acceptors (Lipinski definition) is 3. The molecule has 0 radical (unpaired) electrons. The van der Waals surface area contributed by atoms with E-state index in [4.69, 9.17) is 4.74 Å². The Kier molecular flexibility index (Phi) is 4.56. The number of nitrogens with zero attached hydrogens (tertiary/aromatic N) is 1. The molecule has 1 aliphatic heterocycles. The number of rotatable bonds is 5. The number of nitrogens with one attached hydrogen (secondary N) is 1. The molecule has 0 aliphatic carbocycles. The first-order valence-electron chi connectivity index (χ1n) is 6.76. The van der Waals surface area contributed by atoms with E-state index in [2.05, 4.69) is 29.4 Å². The number of fused-ring (bicyclic) bond motifs is 1. The van der Waals surface area contributed by atoms with Gasteiger partial charge in [0.2, 0.25) is 5.91 Å². The lowest BCUT2D eigenvalue weighted by Crippen LogP contribution is -2.16. The van der Waals surface area contributed by atoms with Crippen LogP contribution in [0, 0.1) is 0 Å². The van der Waals surface area contributed by atoms with Crippen LogP contribution in [0.25, 0.3) is 0 Å². The van der Waals surface area contributed by atoms with Crippen LogP contribution in [-0.2, 0) is 22.6 Å². The fourth-order valence-corrected chi connectivity index (χ4v) is 2.25. The average molecular weight is 262 g/mol. The zero-order chi connectivity index (χ0) is 13.8. The lowest BCUT2D eigenvalue weighted by Gasteiger charge is -2.09. The number of anilines is 1. The predicted octanol–water partition coefficient (Wildman–Crippen LogP) is 2.39. The van der Waals surface area contributed by atoms with E-state index in [1.165, 1.54) is 11.1 Å². The molecule has 1 N–H and O–H groups in total. The quantitative estimate of drug-likeness (QED) is 0.886. The van der Waals surface area contributed by atoms with Crippen LogP contribution in [0.15, 0.2) is 18.2 Å². The molecular weight excluding hydrogens is 240 g/mol. The number of hydrogen-bond donors (Lipinski definition) is 1. The molecule has 104 valence electrons. The minimum Gasteiger partial charge on any atom is -0.378 e. The van der Waals surface area contributed by atoms with Gasteiger partial charge in [-0.3, -0.25) is 9.69 Å². The second kappa shape index (κ2) is 6.17. The van der Waals surface area contributed by atoms with Crippen molar-refractivity contribution in [3.63, 3.8) is 0 Å². The lowest BCUT2D eigenvalue weighted by molar-refractivity contribution is -0.117. The smallest absolute Gasteiger partial charge is 0.226 e. The van der Waals surface area contributed by atoms with Crippen molar-refractivity contribution in [3.8, 4) is 0 Å². The lowest BCUT2D eigenvalue weighted by atomic mass is 10.1. The molecule has 2 rings (SSSR count). The molecule has 4 heteroatoms. The molecule has 0 unspecified atom stereocenters. The number of ether oxygens (including phenoxy) is 1. The summed E-state index contributed by atoms with van der Waals surface area (Å²) in [6, 6.07) is 6.14. The zero-order valence-corrected chi connectivity index (χ0v) is 11.9. The first-order valence-corrected chi connectivity index (χ1v) is 6.76. The number of benzene rings is 1. The van der Waals surface area contributed by atoms with E-state index in [1.54, 1.807) is 0 Å². The van der Waals surface area contributed by atoms with Crippen molar-refractivity contribution in [2.24, 2.45) is 0 Å². The maximum Gasteiger partial charge on any atom is 0.226 e. The molecule has 0 fully saturated rings. The van der Waals surface area contributed by atoms with Gasteiger partial charge in [-0.25, -0.2) is 0 Å². The van der Waals surface area contributed by atoms with Gasteiger partial charge in [-0.15, -0.1) is 0 Å². The van der Waals surface area contributed by atoms with Gasteiger partial charge in [-0.1, -0.05) is 6.07 Å². The van der Waals surface area contributed by atoms with Crippen molar-refractivity contribution < 1.29 is 9.53 Å². The van der Waals surface area contributed by atoms with Crippen LogP contribution in [0.3, 0.4) is 0 Å². The van der Waals surface area contributed by atoms with Crippen LogP contribution in [0.4, 0.5) is 5.69 Å². The van der Waals surface area contributed by atoms with Crippen molar-refractivity contribution >= 4 is 11.6 Å². The summed E-state index contributed by atoms with van der Waals surface area (Å²) in [5.74, 6) is 0.00644. The highest BCUT2D eigenvalue weighted by molar-refractivity contribution is 5.90. The number of carbonyl (C=O) groups excluding carboxylic acids is 1. The van der Waals surface area contributed by atoms with E-state index < -0.39 is 0 Å². The summed E-state index contributed by atoms with van der Waals surface area (Å²) < 4.78 is 5.37. The fourth-order valence-electron chi connectivity index (χ4n) is 2.25. The van der Waals surface area contributed by atoms with Gasteiger partial charge in [-0.2, -0.15) is 0 Å². The molecule has 0 spiro atoms. The van der Waals surface area contributed by atoms with E-state index in [9.17, 15) is 4.79 Å². The van der Waals surface area contributed by atoms with Gasteiger partial charge in [0.25, 0.3) is 0 Å². The second-order valence-electron chi connectivity index (χ2n) is 5.37. The maximum absolute atomic E-state index is 11.8. The van der Waals surface area contributed by atoms with E-state index in [-0.39, 0.29) is 12.0 Å². The predicted molar refractivity (Wildman–Crippen MR) is 75.9 cm³/mol. The van der Waals surface area contributed by atoms with Gasteiger partial charge < -0.3 is 10.1 Å². The Hall–Kier alpha value is -1.39. The molecule has 1 aromatic rings. The van der Waals surface area contributed by atoms with Crippen LogP contribution in [-0.4, -0.2) is 30.6 Å². The molecule has 0 aromatic heterocycles. The molecule has 0 saturated heterocycles. The standard InChI is InChI=1S/C15H22N2O2/c1-11(2)19-7-6-15(18)16-14-5-4-12-9-17(3)10-13(12)8-14/h4-5,8,11H,6-7,9-10H2,1-3H3,(H,16,18). The van der Waals surface area contributed by atoms with Gasteiger partial charge in [-0.05, 0) is 44.2 Å². The van der Waals surface area contributed by atoms with Crippen molar-refractivity contribution in [1.29, 1.82) is 0 Å². The Morgan fingerprint density at radius 2 is 2.11 bits per heavy atom. The Bertz CT molecular complexity index is 457. The summed E-state index contributed by atoms with van der Waals surface area (Å²) >= 11 is 0. The monoisotopic (exact) mass is 262 g/mol. The molecule has 0 saturated carbocycles. The Balaban J connectivity index is 1.86. The van der Waals surface area contributed by atoms with Gasteiger partial charge in [0.1, 0.15) is 0 Å². The Labute approximate surface area is 114 Å². The van der Waals surface area contributed by atoms with Crippen molar-refractivity contribution in [2.45, 2.75) is 39.5 Å². The zero-order valence-electron chi connectivity index (χ0n) is 11.9. The molecule has 0 bridgehead atoms. The molecule has 1 heterocycles. The topological polar surface area (TPSA) is 41.6 Å². The molecule has 1 amide bonds. The second-order valence-corrected chi connectivity index (χ2v) is 5.37. The largest absolute Gasteiger partial charge is 0.378 e. The molecule has 19 heavy (non-hydrogen) atoms. The summed E-state index contributed by atoms with van der Waals surface area (Å²) in [5, 5.41) is 2.92. The van der Waals surface area contributed by atoms with Crippen LogP contribution >= 0.6 is 0 Å². The highest BCUT2D eigenvalue weighted by atomic mass is 16.5. The molecule has 0 atom stereocenters. The summed E-state index contributed by atoms with van der Waals surface area (Å²) in [5.41, 5.74) is 3.53. The maximum atomic E-state index is 11.8. The molecule has 1 aromatic carbocycles. The summed E-state index contributed by atoms with van der Waals surface area (Å²) in [6.07, 6.45) is 0.568. The minimum atomic E-state index is 0.00644. The first-order chi connectivity index (χ1) is 9.04. The SMILES string of the molecule is CC(C)OCCC(=O)Nc1ccc2c(c1)CN(C)C2. The Morgan fingerprint density at radius 3 is 2.84 bits per heavy atom. The van der Waals surface area contributed by atoms with E-state index >= 15 is 0 Å². The first kappa shape index (κ1) is 14.0. The van der Waals surface area contributed by atoms with Crippen molar-refractivity contribution in [1.82, 2.24) is 4.90 Å². The normalized spacial score (nSPS) is 14.7. The van der Waals surface area contributed by atoms with Crippen LogP contribution in [0.5, 0.6) is 0 Å². The van der Waals surface area contributed by atoms with Crippen molar-refractivity contribution in [2.75, 3.05) is 19.0 Å². The van der Waals surface area contributed by atoms with Crippen LogP contribution < -0.4 is 5.32 Å². The van der Waals surface area contributed by atoms with Gasteiger partial charge >= 0.3 is 0 Å².